The van der Waals surface area contributed by atoms with Crippen molar-refractivity contribution in [1.29, 1.82) is 0 Å². The molecule has 1 aromatic heterocycles. The maximum Gasteiger partial charge on any atom is 0.286 e. The van der Waals surface area contributed by atoms with Gasteiger partial charge in [0, 0.05) is 29.9 Å². The van der Waals surface area contributed by atoms with Gasteiger partial charge >= 0.3 is 0 Å². The number of hydrogen-bond donors (Lipinski definition) is 0. The number of aromatic nitrogens is 1. The van der Waals surface area contributed by atoms with Crippen molar-refractivity contribution in [2.75, 3.05) is 13.1 Å². The van der Waals surface area contributed by atoms with Gasteiger partial charge in [-0.05, 0) is 60.9 Å². The SMILES string of the molecule is C/C(=C1/SC(N2CCC3(CC2)OCc2cccnc23)=NC1=O)c1ccc(Cl)cc1. The summed E-state index contributed by atoms with van der Waals surface area (Å²) in [6.45, 7) is 4.18. The van der Waals surface area contributed by atoms with Gasteiger partial charge in [-0.3, -0.25) is 9.78 Å². The first-order valence-electron chi connectivity index (χ1n) is 9.67. The highest BCUT2D eigenvalue weighted by molar-refractivity contribution is 8.18. The number of carbonyl (C=O) groups is 1. The number of hydrogen-bond acceptors (Lipinski definition) is 5. The third-order valence-electron chi connectivity index (χ3n) is 5.87. The number of nitrogens with zero attached hydrogens (tertiary/aromatic N) is 3. The molecule has 3 aliphatic heterocycles. The fourth-order valence-electron chi connectivity index (χ4n) is 4.19. The van der Waals surface area contributed by atoms with Crippen molar-refractivity contribution in [2.24, 2.45) is 4.99 Å². The number of pyridine rings is 1. The second kappa shape index (κ2) is 7.27. The van der Waals surface area contributed by atoms with E-state index < -0.39 is 0 Å². The summed E-state index contributed by atoms with van der Waals surface area (Å²) in [5.41, 5.74) is 3.89. The molecule has 5 nitrogen and oxygen atoms in total. The molecule has 1 aromatic carbocycles. The summed E-state index contributed by atoms with van der Waals surface area (Å²) < 4.78 is 6.19. The quantitative estimate of drug-likeness (QED) is 0.624. The van der Waals surface area contributed by atoms with Crippen LogP contribution in [0.1, 0.15) is 36.6 Å². The Bertz CT molecular complexity index is 1040. The number of fused-ring (bicyclic) bond motifs is 2. The zero-order valence-electron chi connectivity index (χ0n) is 16.0. The number of allylic oxidation sites excluding steroid dienone is 1. The Kier molecular flexibility index (Phi) is 4.73. The van der Waals surface area contributed by atoms with Crippen molar-refractivity contribution in [3.63, 3.8) is 0 Å². The van der Waals surface area contributed by atoms with Crippen molar-refractivity contribution in [1.82, 2.24) is 9.88 Å². The van der Waals surface area contributed by atoms with Crippen LogP contribution in [0.15, 0.2) is 52.5 Å². The summed E-state index contributed by atoms with van der Waals surface area (Å²) in [6, 6.07) is 11.6. The van der Waals surface area contributed by atoms with E-state index >= 15 is 0 Å². The van der Waals surface area contributed by atoms with E-state index in [9.17, 15) is 4.79 Å². The third-order valence-corrected chi connectivity index (χ3v) is 7.34. The molecule has 0 saturated carbocycles. The maximum atomic E-state index is 12.6. The molecule has 1 saturated heterocycles. The summed E-state index contributed by atoms with van der Waals surface area (Å²) in [5.74, 6) is -0.165. The smallest absolute Gasteiger partial charge is 0.286 e. The molecule has 1 spiro atoms. The van der Waals surface area contributed by atoms with Gasteiger partial charge in [0.05, 0.1) is 17.2 Å². The van der Waals surface area contributed by atoms with Crippen molar-refractivity contribution >= 4 is 40.0 Å². The molecular formula is C22H20ClN3O2S. The van der Waals surface area contributed by atoms with Gasteiger partial charge in [-0.1, -0.05) is 29.8 Å². The first-order chi connectivity index (χ1) is 14.1. The number of thioether (sulfide) groups is 1. The van der Waals surface area contributed by atoms with Crippen molar-refractivity contribution in [3.05, 3.63) is 69.3 Å². The molecule has 0 aliphatic carbocycles. The van der Waals surface area contributed by atoms with Crippen LogP contribution in [0.25, 0.3) is 5.57 Å². The van der Waals surface area contributed by atoms with Crippen LogP contribution in [0.3, 0.4) is 0 Å². The topological polar surface area (TPSA) is 54.8 Å². The third kappa shape index (κ3) is 3.29. The van der Waals surface area contributed by atoms with Gasteiger partial charge in [-0.25, -0.2) is 0 Å². The van der Waals surface area contributed by atoms with Crippen LogP contribution in [0.2, 0.25) is 5.02 Å². The summed E-state index contributed by atoms with van der Waals surface area (Å²) in [7, 11) is 0. The number of rotatable bonds is 1. The fraction of sp³-hybridized carbons (Fsp3) is 0.318. The van der Waals surface area contributed by atoms with E-state index in [0.717, 1.165) is 47.9 Å². The minimum Gasteiger partial charge on any atom is -0.364 e. The fourth-order valence-corrected chi connectivity index (χ4v) is 5.34. The van der Waals surface area contributed by atoms with Crippen LogP contribution in [0, 0.1) is 0 Å². The van der Waals surface area contributed by atoms with Crippen LogP contribution >= 0.6 is 23.4 Å². The Morgan fingerprint density at radius 3 is 2.72 bits per heavy atom. The molecule has 5 rings (SSSR count). The van der Waals surface area contributed by atoms with E-state index in [0.29, 0.717) is 16.5 Å². The van der Waals surface area contributed by atoms with E-state index in [1.54, 1.807) is 0 Å². The first-order valence-corrected chi connectivity index (χ1v) is 10.9. The van der Waals surface area contributed by atoms with Gasteiger partial charge in [-0.15, -0.1) is 0 Å². The van der Waals surface area contributed by atoms with Gasteiger partial charge in [-0.2, -0.15) is 4.99 Å². The molecular weight excluding hydrogens is 406 g/mol. The van der Waals surface area contributed by atoms with Crippen LogP contribution < -0.4 is 0 Å². The van der Waals surface area contributed by atoms with Gasteiger partial charge in [0.1, 0.15) is 5.60 Å². The van der Waals surface area contributed by atoms with Gasteiger partial charge in [0.15, 0.2) is 5.17 Å². The molecule has 29 heavy (non-hydrogen) atoms. The zero-order chi connectivity index (χ0) is 20.0. The summed E-state index contributed by atoms with van der Waals surface area (Å²) in [5, 5.41) is 1.47. The number of ether oxygens (including phenoxy) is 1. The number of piperidine rings is 1. The highest BCUT2D eigenvalue weighted by atomic mass is 35.5. The van der Waals surface area contributed by atoms with E-state index in [-0.39, 0.29) is 11.5 Å². The molecule has 0 bridgehead atoms. The average Bonchev–Trinajstić information content (AvgIpc) is 3.30. The lowest BCUT2D eigenvalue weighted by atomic mass is 9.87. The van der Waals surface area contributed by atoms with Crippen LogP contribution in [-0.2, 0) is 21.7 Å². The number of amidine groups is 1. The highest BCUT2D eigenvalue weighted by Crippen LogP contribution is 2.44. The van der Waals surface area contributed by atoms with Gasteiger partial charge in [0.25, 0.3) is 5.91 Å². The number of carbonyl (C=O) groups excluding carboxylic acids is 1. The number of benzene rings is 1. The van der Waals surface area contributed by atoms with E-state index in [1.807, 2.05) is 43.5 Å². The Labute approximate surface area is 178 Å². The number of likely N-dealkylation sites (tertiary alicyclic amines) is 1. The number of aliphatic imine (C=N–C) groups is 1. The molecule has 1 fully saturated rings. The first kappa shape index (κ1) is 18.9. The summed E-state index contributed by atoms with van der Waals surface area (Å²) in [6.07, 6.45) is 3.54. The molecule has 7 heteroatoms. The summed E-state index contributed by atoms with van der Waals surface area (Å²) >= 11 is 7.45. The molecule has 2 aromatic rings. The van der Waals surface area contributed by atoms with Crippen molar-refractivity contribution in [3.8, 4) is 0 Å². The highest BCUT2D eigenvalue weighted by Gasteiger charge is 2.45. The summed E-state index contributed by atoms with van der Waals surface area (Å²) in [4.78, 5) is 24.4. The van der Waals surface area contributed by atoms with E-state index in [4.69, 9.17) is 16.3 Å². The Morgan fingerprint density at radius 1 is 1.21 bits per heavy atom. The molecule has 0 N–H and O–H groups in total. The number of amides is 1. The zero-order valence-corrected chi connectivity index (χ0v) is 17.6. The Hall–Kier alpha value is -2.15. The van der Waals surface area contributed by atoms with Crippen molar-refractivity contribution < 1.29 is 9.53 Å². The number of halogens is 1. The molecule has 4 heterocycles. The van der Waals surface area contributed by atoms with Crippen LogP contribution in [-0.4, -0.2) is 34.0 Å². The predicted octanol–water partition coefficient (Wildman–Crippen LogP) is 4.62. The standard InChI is InChI=1S/C22H20ClN3O2S/c1-14(15-4-6-17(23)7-5-15)18-20(27)25-21(29-18)26-11-8-22(9-12-26)19-16(13-28-22)3-2-10-24-19/h2-7,10H,8-9,11-13H2,1H3/b18-14-. The average molecular weight is 426 g/mol. The molecule has 0 radical (unpaired) electrons. The monoisotopic (exact) mass is 425 g/mol. The van der Waals surface area contributed by atoms with E-state index in [2.05, 4.69) is 20.9 Å². The Morgan fingerprint density at radius 2 is 1.97 bits per heavy atom. The molecule has 0 unspecified atom stereocenters. The second-order valence-corrected chi connectivity index (χ2v) is 8.96. The van der Waals surface area contributed by atoms with Gasteiger partial charge in [0.2, 0.25) is 0 Å². The minimum absolute atomic E-state index is 0.165. The molecule has 1 amide bonds. The lowest BCUT2D eigenvalue weighted by molar-refractivity contribution is -0.113. The normalized spacial score (nSPS) is 22.1. The van der Waals surface area contributed by atoms with Crippen molar-refractivity contribution in [2.45, 2.75) is 32.0 Å². The van der Waals surface area contributed by atoms with Crippen LogP contribution in [0.5, 0.6) is 0 Å². The maximum absolute atomic E-state index is 12.6. The minimum atomic E-state index is -0.293. The molecule has 148 valence electrons. The van der Waals surface area contributed by atoms with E-state index in [1.165, 1.54) is 17.3 Å². The predicted molar refractivity (Wildman–Crippen MR) is 116 cm³/mol. The molecule has 3 aliphatic rings. The largest absolute Gasteiger partial charge is 0.364 e. The Balaban J connectivity index is 1.31. The second-order valence-electron chi connectivity index (χ2n) is 7.54. The lowest BCUT2D eigenvalue weighted by Crippen LogP contribution is -2.44. The lowest BCUT2D eigenvalue weighted by Gasteiger charge is -2.39. The van der Waals surface area contributed by atoms with Crippen LogP contribution in [0.4, 0.5) is 0 Å². The molecule has 0 atom stereocenters. The van der Waals surface area contributed by atoms with Gasteiger partial charge < -0.3 is 9.64 Å².